The Labute approximate surface area is 172 Å². The summed E-state index contributed by atoms with van der Waals surface area (Å²) in [6.07, 6.45) is 4.98. The lowest BCUT2D eigenvalue weighted by atomic mass is 10.0. The number of anilines is 1. The maximum absolute atomic E-state index is 13.0. The Hall–Kier alpha value is -3.97. The summed E-state index contributed by atoms with van der Waals surface area (Å²) in [5.74, 6) is -1.29. The van der Waals surface area contributed by atoms with Crippen LogP contribution < -0.4 is 11.1 Å². The zero-order valence-electron chi connectivity index (χ0n) is 16.1. The Morgan fingerprint density at radius 2 is 1.93 bits per heavy atom. The molecule has 4 aromatic rings. The lowest BCUT2D eigenvalue weighted by molar-refractivity contribution is -0.136. The smallest absolute Gasteiger partial charge is 0.307 e. The minimum absolute atomic E-state index is 0.172. The second kappa shape index (κ2) is 8.18. The Balaban J connectivity index is 1.73. The van der Waals surface area contributed by atoms with Crippen molar-refractivity contribution in [1.29, 1.82) is 0 Å². The number of hydrogen-bond acceptors (Lipinski definition) is 4. The molecule has 2 heterocycles. The van der Waals surface area contributed by atoms with Gasteiger partial charge in [-0.15, -0.1) is 0 Å². The van der Waals surface area contributed by atoms with Crippen molar-refractivity contribution in [2.24, 2.45) is 5.73 Å². The molecular weight excluding hydrogens is 380 g/mol. The predicted molar refractivity (Wildman–Crippen MR) is 114 cm³/mol. The Bertz CT molecular complexity index is 1250. The van der Waals surface area contributed by atoms with Gasteiger partial charge in [0.2, 0.25) is 0 Å². The number of pyridine rings is 1. The van der Waals surface area contributed by atoms with Gasteiger partial charge in [-0.2, -0.15) is 0 Å². The number of carboxylic acids is 1. The van der Waals surface area contributed by atoms with Crippen LogP contribution in [-0.4, -0.2) is 26.4 Å². The molecule has 0 atom stereocenters. The highest BCUT2D eigenvalue weighted by Crippen LogP contribution is 2.27. The fourth-order valence-corrected chi connectivity index (χ4v) is 3.39. The number of fused-ring (bicyclic) bond motifs is 1. The number of benzene rings is 2. The quantitative estimate of drug-likeness (QED) is 0.460. The zero-order valence-corrected chi connectivity index (χ0v) is 16.1. The molecule has 0 saturated heterocycles. The first kappa shape index (κ1) is 19.4. The van der Waals surface area contributed by atoms with Crippen LogP contribution in [0.2, 0.25) is 0 Å². The van der Waals surface area contributed by atoms with Crippen LogP contribution in [0.4, 0.5) is 5.69 Å². The summed E-state index contributed by atoms with van der Waals surface area (Å²) in [5.41, 5.74) is 10.6. The normalized spacial score (nSPS) is 10.8. The van der Waals surface area contributed by atoms with Gasteiger partial charge in [-0.1, -0.05) is 36.4 Å². The molecule has 0 aliphatic heterocycles. The molecule has 150 valence electrons. The maximum atomic E-state index is 13.0. The molecular formula is C23H20N4O3. The lowest BCUT2D eigenvalue weighted by Crippen LogP contribution is -2.15. The topological polar surface area (TPSA) is 110 Å². The molecule has 0 aliphatic rings. The number of aliphatic carboxylic acids is 1. The number of para-hydroxylation sites is 1. The average molecular weight is 400 g/mol. The average Bonchev–Trinajstić information content (AvgIpc) is 3.23. The Morgan fingerprint density at radius 1 is 1.10 bits per heavy atom. The van der Waals surface area contributed by atoms with E-state index >= 15 is 0 Å². The Morgan fingerprint density at radius 3 is 2.73 bits per heavy atom. The summed E-state index contributed by atoms with van der Waals surface area (Å²) >= 11 is 0. The SMILES string of the molecule is NCc1cccc(-c2cc(C(=O)Nc3ccccc3CC(=O)O)cn3ccnc23)c1. The van der Waals surface area contributed by atoms with E-state index in [0.717, 1.165) is 22.3 Å². The van der Waals surface area contributed by atoms with Gasteiger partial charge in [0.1, 0.15) is 5.65 Å². The highest BCUT2D eigenvalue weighted by molar-refractivity contribution is 6.06. The monoisotopic (exact) mass is 400 g/mol. The minimum atomic E-state index is -0.960. The van der Waals surface area contributed by atoms with Crippen molar-refractivity contribution in [2.75, 3.05) is 5.32 Å². The van der Waals surface area contributed by atoms with Crippen LogP contribution in [0.25, 0.3) is 16.8 Å². The van der Waals surface area contributed by atoms with E-state index in [2.05, 4.69) is 10.3 Å². The number of hydrogen-bond donors (Lipinski definition) is 3. The first-order chi connectivity index (χ1) is 14.5. The fraction of sp³-hybridized carbons (Fsp3) is 0.0870. The van der Waals surface area contributed by atoms with E-state index in [-0.39, 0.29) is 12.3 Å². The number of carbonyl (C=O) groups is 2. The molecule has 7 nitrogen and oxygen atoms in total. The van der Waals surface area contributed by atoms with Crippen LogP contribution >= 0.6 is 0 Å². The molecule has 0 radical (unpaired) electrons. The number of carboxylic acid groups (broad SMARTS) is 1. The summed E-state index contributed by atoms with van der Waals surface area (Å²) < 4.78 is 1.79. The summed E-state index contributed by atoms with van der Waals surface area (Å²) in [4.78, 5) is 28.5. The second-order valence-corrected chi connectivity index (χ2v) is 6.89. The van der Waals surface area contributed by atoms with Crippen LogP contribution in [0.3, 0.4) is 0 Å². The van der Waals surface area contributed by atoms with Gasteiger partial charge in [0.15, 0.2) is 0 Å². The molecule has 0 fully saturated rings. The third-order valence-corrected chi connectivity index (χ3v) is 4.83. The molecule has 2 aromatic carbocycles. The van der Waals surface area contributed by atoms with Crippen LogP contribution in [0.5, 0.6) is 0 Å². The van der Waals surface area contributed by atoms with E-state index in [9.17, 15) is 9.59 Å². The highest BCUT2D eigenvalue weighted by Gasteiger charge is 2.15. The molecule has 2 aromatic heterocycles. The van der Waals surface area contributed by atoms with E-state index in [1.165, 1.54) is 0 Å². The van der Waals surface area contributed by atoms with Crippen molar-refractivity contribution in [3.8, 4) is 11.1 Å². The summed E-state index contributed by atoms with van der Waals surface area (Å²) in [6, 6.07) is 16.5. The third-order valence-electron chi connectivity index (χ3n) is 4.83. The number of amides is 1. The van der Waals surface area contributed by atoms with E-state index in [4.69, 9.17) is 10.8 Å². The van der Waals surface area contributed by atoms with Gasteiger partial charge >= 0.3 is 5.97 Å². The van der Waals surface area contributed by atoms with E-state index < -0.39 is 5.97 Å². The number of carbonyl (C=O) groups excluding carboxylic acids is 1. The summed E-state index contributed by atoms with van der Waals surface area (Å²) in [7, 11) is 0. The van der Waals surface area contributed by atoms with Gasteiger partial charge in [0.25, 0.3) is 5.91 Å². The van der Waals surface area contributed by atoms with Crippen LogP contribution in [0.1, 0.15) is 21.5 Å². The molecule has 0 saturated carbocycles. The van der Waals surface area contributed by atoms with E-state index in [1.54, 1.807) is 53.3 Å². The van der Waals surface area contributed by atoms with E-state index in [1.807, 2.05) is 24.3 Å². The van der Waals surface area contributed by atoms with Gasteiger partial charge < -0.3 is 20.6 Å². The van der Waals surface area contributed by atoms with Gasteiger partial charge in [0, 0.05) is 36.4 Å². The zero-order chi connectivity index (χ0) is 21.1. The van der Waals surface area contributed by atoms with Gasteiger partial charge in [-0.05, 0) is 34.9 Å². The molecule has 0 bridgehead atoms. The highest BCUT2D eigenvalue weighted by atomic mass is 16.4. The van der Waals surface area contributed by atoms with Crippen molar-refractivity contribution in [3.63, 3.8) is 0 Å². The number of nitrogens with one attached hydrogen (secondary N) is 1. The molecule has 7 heteroatoms. The standard InChI is InChI=1S/C23H20N4O3/c24-13-15-4-3-6-16(10-15)19-11-18(14-27-9-8-25-22(19)27)23(30)26-20-7-2-1-5-17(20)12-21(28)29/h1-11,14H,12-13,24H2,(H,26,30)(H,28,29). The van der Waals surface area contributed by atoms with Gasteiger partial charge in [-0.25, -0.2) is 4.98 Å². The maximum Gasteiger partial charge on any atom is 0.307 e. The van der Waals surface area contributed by atoms with Crippen molar-refractivity contribution < 1.29 is 14.7 Å². The summed E-state index contributed by atoms with van der Waals surface area (Å²) in [6.45, 7) is 0.416. The van der Waals surface area contributed by atoms with Gasteiger partial charge in [0.05, 0.1) is 12.0 Å². The number of imidazole rings is 1. The fourth-order valence-electron chi connectivity index (χ4n) is 3.39. The van der Waals surface area contributed by atoms with Crippen molar-refractivity contribution in [2.45, 2.75) is 13.0 Å². The van der Waals surface area contributed by atoms with Crippen molar-refractivity contribution >= 4 is 23.2 Å². The Kier molecular flexibility index (Phi) is 5.28. The molecule has 0 unspecified atom stereocenters. The van der Waals surface area contributed by atoms with Crippen LogP contribution in [0.15, 0.2) is 73.2 Å². The predicted octanol–water partition coefficient (Wildman–Crippen LogP) is 3.34. The molecule has 0 aliphatic carbocycles. The van der Waals surface area contributed by atoms with Crippen molar-refractivity contribution in [3.05, 3.63) is 89.9 Å². The number of nitrogens with two attached hydrogens (primary N) is 1. The van der Waals surface area contributed by atoms with Gasteiger partial charge in [-0.3, -0.25) is 9.59 Å². The number of aromatic nitrogens is 2. The number of nitrogens with zero attached hydrogens (tertiary/aromatic N) is 2. The number of rotatable bonds is 6. The summed E-state index contributed by atoms with van der Waals surface area (Å²) in [5, 5.41) is 11.9. The second-order valence-electron chi connectivity index (χ2n) is 6.89. The first-order valence-electron chi connectivity index (χ1n) is 9.42. The largest absolute Gasteiger partial charge is 0.481 e. The molecule has 0 spiro atoms. The van der Waals surface area contributed by atoms with Crippen LogP contribution in [0, 0.1) is 0 Å². The lowest BCUT2D eigenvalue weighted by Gasteiger charge is -2.12. The van der Waals surface area contributed by atoms with Crippen molar-refractivity contribution in [1.82, 2.24) is 9.38 Å². The third kappa shape index (κ3) is 3.92. The first-order valence-corrected chi connectivity index (χ1v) is 9.42. The van der Waals surface area contributed by atoms with Crippen LogP contribution in [-0.2, 0) is 17.8 Å². The molecule has 1 amide bonds. The minimum Gasteiger partial charge on any atom is -0.481 e. The molecule has 4 rings (SSSR count). The molecule has 4 N–H and O–H groups in total. The molecule has 30 heavy (non-hydrogen) atoms. The van der Waals surface area contributed by atoms with E-state index in [0.29, 0.717) is 23.4 Å².